The average molecular weight is 166 g/mol. The first kappa shape index (κ1) is 6.39. The minimum absolute atomic E-state index is 0.0131. The molecule has 0 unspecified atom stereocenters. The van der Waals surface area contributed by atoms with E-state index in [1.54, 1.807) is 0 Å². The first-order chi connectivity index (χ1) is 5.84. The Balaban J connectivity index is 1.74. The van der Waals surface area contributed by atoms with E-state index in [1.165, 1.54) is 12.8 Å². The van der Waals surface area contributed by atoms with Crippen molar-refractivity contribution in [3.8, 4) is 0 Å². The summed E-state index contributed by atoms with van der Waals surface area (Å²) in [6.45, 7) is 0. The molecule has 66 valence electrons. The van der Waals surface area contributed by atoms with Crippen molar-refractivity contribution in [2.75, 3.05) is 0 Å². The lowest BCUT2D eigenvalue weighted by Crippen LogP contribution is -2.31. The predicted molar refractivity (Wildman–Crippen MR) is 42.5 cm³/mol. The van der Waals surface area contributed by atoms with Crippen LogP contribution in [0.1, 0.15) is 19.3 Å². The highest BCUT2D eigenvalue weighted by atomic mass is 16.6. The number of hydrogen-bond acceptors (Lipinski definition) is 2. The first-order valence-electron chi connectivity index (χ1n) is 5.18. The van der Waals surface area contributed by atoms with Gasteiger partial charge in [-0.05, 0) is 42.9 Å². The van der Waals surface area contributed by atoms with Crippen LogP contribution in [0.5, 0.6) is 0 Å². The van der Waals surface area contributed by atoms with Gasteiger partial charge in [0.25, 0.3) is 0 Å². The molecule has 0 aromatic carbocycles. The summed E-state index contributed by atoms with van der Waals surface area (Å²) < 4.78 is 5.56. The third-order valence-corrected chi connectivity index (χ3v) is 4.71. The Kier molecular flexibility index (Phi) is 0.921. The quantitative estimate of drug-likeness (QED) is 0.540. The zero-order valence-corrected chi connectivity index (χ0v) is 7.02. The zero-order valence-electron chi connectivity index (χ0n) is 7.02. The van der Waals surface area contributed by atoms with Crippen LogP contribution in [0.3, 0.4) is 0 Å². The van der Waals surface area contributed by atoms with Crippen molar-refractivity contribution in [2.45, 2.75) is 37.6 Å². The molecule has 4 fully saturated rings. The number of epoxide rings is 1. The molecule has 4 aliphatic rings. The van der Waals surface area contributed by atoms with E-state index in [0.717, 1.165) is 24.2 Å². The van der Waals surface area contributed by atoms with Crippen molar-refractivity contribution < 1.29 is 9.84 Å². The molecule has 1 heterocycles. The molecule has 12 heavy (non-hydrogen) atoms. The number of rotatable bonds is 0. The highest BCUT2D eigenvalue weighted by Crippen LogP contribution is 2.64. The predicted octanol–water partition coefficient (Wildman–Crippen LogP) is 0.791. The number of fused-ring (bicyclic) bond motifs is 7. The van der Waals surface area contributed by atoms with E-state index in [-0.39, 0.29) is 6.10 Å². The van der Waals surface area contributed by atoms with Gasteiger partial charge < -0.3 is 9.84 Å². The van der Waals surface area contributed by atoms with Crippen LogP contribution in [0.4, 0.5) is 0 Å². The molecule has 4 rings (SSSR count). The molecule has 1 N–H and O–H groups in total. The summed E-state index contributed by atoms with van der Waals surface area (Å²) in [4.78, 5) is 0. The second kappa shape index (κ2) is 1.73. The molecular formula is C10H14O2. The maximum absolute atomic E-state index is 9.75. The minimum atomic E-state index is 0.0131. The van der Waals surface area contributed by atoms with E-state index >= 15 is 0 Å². The molecule has 0 aromatic heterocycles. The van der Waals surface area contributed by atoms with Crippen LogP contribution in [-0.2, 0) is 4.74 Å². The van der Waals surface area contributed by atoms with Gasteiger partial charge in [0.05, 0.1) is 18.3 Å². The molecule has 7 atom stereocenters. The van der Waals surface area contributed by atoms with Crippen LogP contribution >= 0.6 is 0 Å². The first-order valence-corrected chi connectivity index (χ1v) is 5.18. The van der Waals surface area contributed by atoms with Gasteiger partial charge in [0.15, 0.2) is 0 Å². The number of aliphatic hydroxyl groups is 1. The summed E-state index contributed by atoms with van der Waals surface area (Å²) >= 11 is 0. The Labute approximate surface area is 71.9 Å². The van der Waals surface area contributed by atoms with Crippen LogP contribution < -0.4 is 0 Å². The van der Waals surface area contributed by atoms with Gasteiger partial charge in [-0.3, -0.25) is 0 Å². The van der Waals surface area contributed by atoms with Crippen LogP contribution in [0.15, 0.2) is 0 Å². The van der Waals surface area contributed by atoms with Crippen molar-refractivity contribution in [3.05, 3.63) is 0 Å². The van der Waals surface area contributed by atoms with Gasteiger partial charge in [-0.1, -0.05) is 0 Å². The molecule has 0 radical (unpaired) electrons. The Hall–Kier alpha value is -0.0800. The SMILES string of the molecule is O[C@@H]1C[C@@H]2C[C@H]1[C@@H]1[C@@H]2C[C@H]2O[C@H]12. The third kappa shape index (κ3) is 0.549. The zero-order chi connectivity index (χ0) is 7.87. The van der Waals surface area contributed by atoms with E-state index in [2.05, 4.69) is 0 Å². The van der Waals surface area contributed by atoms with E-state index in [0.29, 0.717) is 18.1 Å². The second-order valence-electron chi connectivity index (χ2n) is 5.08. The number of hydrogen-bond donors (Lipinski definition) is 1. The Morgan fingerprint density at radius 2 is 2.00 bits per heavy atom. The molecule has 1 saturated heterocycles. The lowest BCUT2D eigenvalue weighted by molar-refractivity contribution is 0.0370. The van der Waals surface area contributed by atoms with Gasteiger partial charge in [0.1, 0.15) is 0 Å². The van der Waals surface area contributed by atoms with Gasteiger partial charge in [-0.2, -0.15) is 0 Å². The van der Waals surface area contributed by atoms with E-state index < -0.39 is 0 Å². The fourth-order valence-electron chi connectivity index (χ4n) is 4.27. The lowest BCUT2D eigenvalue weighted by atomic mass is 9.79. The molecule has 2 nitrogen and oxygen atoms in total. The van der Waals surface area contributed by atoms with Gasteiger partial charge in [0, 0.05) is 0 Å². The van der Waals surface area contributed by atoms with Crippen molar-refractivity contribution >= 4 is 0 Å². The molecule has 3 saturated carbocycles. The normalized spacial score (nSPS) is 71.2. The summed E-state index contributed by atoms with van der Waals surface area (Å²) in [6, 6.07) is 0. The lowest BCUT2D eigenvalue weighted by Gasteiger charge is -2.29. The highest BCUT2D eigenvalue weighted by Gasteiger charge is 2.66. The van der Waals surface area contributed by atoms with Crippen molar-refractivity contribution in [1.82, 2.24) is 0 Å². The Morgan fingerprint density at radius 1 is 1.08 bits per heavy atom. The summed E-state index contributed by atoms with van der Waals surface area (Å²) in [5, 5.41) is 9.75. The van der Waals surface area contributed by atoms with Crippen molar-refractivity contribution in [1.29, 1.82) is 0 Å². The summed E-state index contributed by atoms with van der Waals surface area (Å²) in [5.41, 5.74) is 0. The smallest absolute Gasteiger partial charge is 0.0876 e. The molecule has 2 heteroatoms. The van der Waals surface area contributed by atoms with Gasteiger partial charge in [-0.15, -0.1) is 0 Å². The topological polar surface area (TPSA) is 32.8 Å². The molecule has 0 aromatic rings. The van der Waals surface area contributed by atoms with Crippen molar-refractivity contribution in [2.24, 2.45) is 23.7 Å². The van der Waals surface area contributed by atoms with Gasteiger partial charge in [0.2, 0.25) is 0 Å². The molecule has 3 aliphatic carbocycles. The maximum atomic E-state index is 9.75. The van der Waals surface area contributed by atoms with Gasteiger partial charge >= 0.3 is 0 Å². The van der Waals surface area contributed by atoms with Crippen LogP contribution in [0.25, 0.3) is 0 Å². The fourth-order valence-corrected chi connectivity index (χ4v) is 4.27. The second-order valence-corrected chi connectivity index (χ2v) is 5.08. The summed E-state index contributed by atoms with van der Waals surface area (Å²) in [5.74, 6) is 3.15. The minimum Gasteiger partial charge on any atom is -0.393 e. The molecule has 0 spiro atoms. The standard InChI is InChI=1S/C10H14O2/c11-7-2-4-1-6(7)9-5(4)3-8-10(9)12-8/h4-11H,1-3H2/t4-,5+,6+,7+,8+,9-,10-/m0/s1. The number of ether oxygens (including phenoxy) is 1. The van der Waals surface area contributed by atoms with Gasteiger partial charge in [-0.25, -0.2) is 0 Å². The maximum Gasteiger partial charge on any atom is 0.0876 e. The molecular weight excluding hydrogens is 152 g/mol. The highest BCUT2D eigenvalue weighted by molar-refractivity contribution is 5.14. The molecule has 1 aliphatic heterocycles. The average Bonchev–Trinajstić information content (AvgIpc) is 2.42. The fraction of sp³-hybridized carbons (Fsp3) is 1.00. The monoisotopic (exact) mass is 166 g/mol. The van der Waals surface area contributed by atoms with Crippen molar-refractivity contribution in [3.63, 3.8) is 0 Å². The van der Waals surface area contributed by atoms with Crippen LogP contribution in [0, 0.1) is 23.7 Å². The number of aliphatic hydroxyl groups excluding tert-OH is 1. The largest absolute Gasteiger partial charge is 0.393 e. The summed E-state index contributed by atoms with van der Waals surface area (Å²) in [6.07, 6.45) is 4.88. The Bertz CT molecular complexity index is 240. The van der Waals surface area contributed by atoms with Crippen LogP contribution in [0.2, 0.25) is 0 Å². The Morgan fingerprint density at radius 3 is 2.92 bits per heavy atom. The van der Waals surface area contributed by atoms with E-state index in [9.17, 15) is 5.11 Å². The van der Waals surface area contributed by atoms with E-state index in [1.807, 2.05) is 0 Å². The molecule has 2 bridgehead atoms. The third-order valence-electron chi connectivity index (χ3n) is 4.71. The summed E-state index contributed by atoms with van der Waals surface area (Å²) in [7, 11) is 0. The van der Waals surface area contributed by atoms with Crippen LogP contribution in [-0.4, -0.2) is 23.4 Å². The van der Waals surface area contributed by atoms with E-state index in [4.69, 9.17) is 4.74 Å². The molecule has 0 amide bonds.